The summed E-state index contributed by atoms with van der Waals surface area (Å²) in [5.74, 6) is 0.527. The average molecular weight is 222 g/mol. The lowest BCUT2D eigenvalue weighted by molar-refractivity contribution is 0.210. The van der Waals surface area contributed by atoms with Gasteiger partial charge in [0.25, 0.3) is 0 Å². The molecule has 0 atom stereocenters. The highest BCUT2D eigenvalue weighted by atomic mass is 35.5. The van der Waals surface area contributed by atoms with E-state index in [1.54, 1.807) is 7.11 Å². The van der Waals surface area contributed by atoms with Crippen molar-refractivity contribution in [1.29, 1.82) is 0 Å². The van der Waals surface area contributed by atoms with Gasteiger partial charge >= 0.3 is 0 Å². The van der Waals surface area contributed by atoms with Gasteiger partial charge in [-0.05, 0) is 11.6 Å². The Hall–Kier alpha value is -0.580. The maximum Gasteiger partial charge on any atom is 0.224 e. The second-order valence-electron chi connectivity index (χ2n) is 2.26. The fourth-order valence-electron chi connectivity index (χ4n) is 0.741. The molecule has 0 bridgehead atoms. The van der Waals surface area contributed by atoms with Gasteiger partial charge in [0.1, 0.15) is 10.8 Å². The zero-order valence-corrected chi connectivity index (χ0v) is 8.56. The second kappa shape index (κ2) is 5.21. The first-order valence-corrected chi connectivity index (χ1v) is 4.40. The van der Waals surface area contributed by atoms with Crippen LogP contribution in [0.1, 0.15) is 0 Å². The van der Waals surface area contributed by atoms with Crippen molar-refractivity contribution in [3.05, 3.63) is 16.5 Å². The van der Waals surface area contributed by atoms with Gasteiger partial charge in [0.15, 0.2) is 0 Å². The van der Waals surface area contributed by atoms with Crippen LogP contribution >= 0.6 is 23.2 Å². The zero-order chi connectivity index (χ0) is 9.68. The number of nitrogens with one attached hydrogen (secondary N) is 1. The molecule has 0 aliphatic rings. The highest BCUT2D eigenvalue weighted by molar-refractivity contribution is 6.33. The van der Waals surface area contributed by atoms with E-state index in [-0.39, 0.29) is 5.28 Å². The molecule has 0 fully saturated rings. The van der Waals surface area contributed by atoms with Crippen LogP contribution in [0.3, 0.4) is 0 Å². The van der Waals surface area contributed by atoms with Gasteiger partial charge in [-0.15, -0.1) is 0 Å². The van der Waals surface area contributed by atoms with Crippen LogP contribution in [-0.4, -0.2) is 30.2 Å². The van der Waals surface area contributed by atoms with Crippen molar-refractivity contribution in [1.82, 2.24) is 9.97 Å². The molecule has 0 saturated carbocycles. The summed E-state index contributed by atoms with van der Waals surface area (Å²) < 4.78 is 4.85. The van der Waals surface area contributed by atoms with Gasteiger partial charge in [0.2, 0.25) is 5.28 Å². The first-order valence-electron chi connectivity index (χ1n) is 3.65. The van der Waals surface area contributed by atoms with E-state index in [0.717, 1.165) is 0 Å². The molecule has 13 heavy (non-hydrogen) atoms. The van der Waals surface area contributed by atoms with E-state index >= 15 is 0 Å². The van der Waals surface area contributed by atoms with E-state index in [4.69, 9.17) is 27.9 Å². The van der Waals surface area contributed by atoms with Gasteiger partial charge in [-0.3, -0.25) is 0 Å². The minimum absolute atomic E-state index is 0.171. The molecule has 0 aromatic carbocycles. The third-order valence-electron chi connectivity index (χ3n) is 1.31. The lowest BCUT2D eigenvalue weighted by atomic mass is 10.5. The number of nitrogens with zero attached hydrogens (tertiary/aromatic N) is 2. The summed E-state index contributed by atoms with van der Waals surface area (Å²) >= 11 is 11.4. The van der Waals surface area contributed by atoms with E-state index in [1.165, 1.54) is 6.20 Å². The topological polar surface area (TPSA) is 47.0 Å². The van der Waals surface area contributed by atoms with Crippen molar-refractivity contribution in [2.45, 2.75) is 0 Å². The van der Waals surface area contributed by atoms with Crippen LogP contribution < -0.4 is 5.32 Å². The fraction of sp³-hybridized carbons (Fsp3) is 0.429. The number of hydrogen-bond acceptors (Lipinski definition) is 4. The van der Waals surface area contributed by atoms with Gasteiger partial charge in [0, 0.05) is 13.7 Å². The molecule has 1 aromatic heterocycles. The maximum atomic E-state index is 5.79. The first-order chi connectivity index (χ1) is 6.24. The first kappa shape index (κ1) is 10.5. The molecule has 72 valence electrons. The number of halogens is 2. The number of methoxy groups -OCH3 is 1. The number of anilines is 1. The van der Waals surface area contributed by atoms with E-state index in [0.29, 0.717) is 24.0 Å². The molecule has 1 N–H and O–H groups in total. The van der Waals surface area contributed by atoms with Crippen molar-refractivity contribution >= 4 is 29.0 Å². The SMILES string of the molecule is COCCNc1nc(Cl)ncc1Cl. The summed E-state index contributed by atoms with van der Waals surface area (Å²) in [5.41, 5.74) is 0. The molecule has 0 aliphatic carbocycles. The lowest BCUT2D eigenvalue weighted by Crippen LogP contribution is -2.09. The molecule has 6 heteroatoms. The van der Waals surface area contributed by atoms with Crippen molar-refractivity contribution in [3.8, 4) is 0 Å². The molecule has 4 nitrogen and oxygen atoms in total. The standard InChI is InChI=1S/C7H9Cl2N3O/c1-13-3-2-10-6-5(8)4-11-7(9)12-6/h4H,2-3H2,1H3,(H,10,11,12). The predicted molar refractivity (Wildman–Crippen MR) is 52.4 cm³/mol. The Morgan fingerprint density at radius 2 is 2.31 bits per heavy atom. The summed E-state index contributed by atoms with van der Waals surface area (Å²) in [6.07, 6.45) is 1.45. The minimum atomic E-state index is 0.171. The fourth-order valence-corrected chi connectivity index (χ4v) is 1.03. The number of aromatic nitrogens is 2. The Bertz CT molecular complexity index is 282. The van der Waals surface area contributed by atoms with Crippen LogP contribution in [0.25, 0.3) is 0 Å². The Morgan fingerprint density at radius 1 is 1.54 bits per heavy atom. The smallest absolute Gasteiger partial charge is 0.224 e. The third kappa shape index (κ3) is 3.34. The lowest BCUT2D eigenvalue weighted by Gasteiger charge is -2.05. The zero-order valence-electron chi connectivity index (χ0n) is 7.05. The van der Waals surface area contributed by atoms with Crippen LogP contribution in [0.5, 0.6) is 0 Å². The summed E-state index contributed by atoms with van der Waals surface area (Å²) in [6, 6.07) is 0. The van der Waals surface area contributed by atoms with Crippen molar-refractivity contribution < 1.29 is 4.74 Å². The number of rotatable bonds is 4. The highest BCUT2D eigenvalue weighted by Crippen LogP contribution is 2.18. The highest BCUT2D eigenvalue weighted by Gasteiger charge is 2.02. The van der Waals surface area contributed by atoms with Gasteiger partial charge < -0.3 is 10.1 Å². The Balaban J connectivity index is 2.59. The molecule has 0 radical (unpaired) electrons. The Kier molecular flexibility index (Phi) is 4.21. The second-order valence-corrected chi connectivity index (χ2v) is 3.00. The van der Waals surface area contributed by atoms with Crippen molar-refractivity contribution in [2.24, 2.45) is 0 Å². The minimum Gasteiger partial charge on any atom is -0.383 e. The Morgan fingerprint density at radius 3 is 3.00 bits per heavy atom. The summed E-state index contributed by atoms with van der Waals surface area (Å²) in [7, 11) is 1.62. The molecular formula is C7H9Cl2N3O. The average Bonchev–Trinajstić information content (AvgIpc) is 2.11. The summed E-state index contributed by atoms with van der Waals surface area (Å²) in [6.45, 7) is 1.21. The quantitative estimate of drug-likeness (QED) is 0.623. The predicted octanol–water partition coefficient (Wildman–Crippen LogP) is 1.84. The largest absolute Gasteiger partial charge is 0.383 e. The van der Waals surface area contributed by atoms with E-state index in [9.17, 15) is 0 Å². The Labute approximate surface area is 86.2 Å². The molecule has 0 aliphatic heterocycles. The van der Waals surface area contributed by atoms with Crippen LogP contribution in [-0.2, 0) is 4.74 Å². The van der Waals surface area contributed by atoms with E-state index < -0.39 is 0 Å². The van der Waals surface area contributed by atoms with Gasteiger partial charge in [0.05, 0.1) is 12.8 Å². The summed E-state index contributed by atoms with van der Waals surface area (Å²) in [4.78, 5) is 7.62. The number of ether oxygens (including phenoxy) is 1. The molecule has 1 heterocycles. The molecule has 0 spiro atoms. The third-order valence-corrected chi connectivity index (χ3v) is 1.77. The van der Waals surface area contributed by atoms with E-state index in [1.807, 2.05) is 0 Å². The molecule has 0 unspecified atom stereocenters. The van der Waals surface area contributed by atoms with Gasteiger partial charge in [-0.2, -0.15) is 4.98 Å². The van der Waals surface area contributed by atoms with Crippen LogP contribution in [0, 0.1) is 0 Å². The number of hydrogen-bond donors (Lipinski definition) is 1. The monoisotopic (exact) mass is 221 g/mol. The molecule has 1 rings (SSSR count). The van der Waals surface area contributed by atoms with Crippen molar-refractivity contribution in [3.63, 3.8) is 0 Å². The molecular weight excluding hydrogens is 213 g/mol. The van der Waals surface area contributed by atoms with Crippen LogP contribution in [0.2, 0.25) is 10.3 Å². The van der Waals surface area contributed by atoms with Crippen LogP contribution in [0.4, 0.5) is 5.82 Å². The van der Waals surface area contributed by atoms with Gasteiger partial charge in [-0.1, -0.05) is 11.6 Å². The summed E-state index contributed by atoms with van der Waals surface area (Å²) in [5, 5.41) is 3.58. The maximum absolute atomic E-state index is 5.79. The molecule has 0 saturated heterocycles. The molecule has 1 aromatic rings. The van der Waals surface area contributed by atoms with Crippen LogP contribution in [0.15, 0.2) is 6.20 Å². The molecule has 0 amide bonds. The normalized spacial score (nSPS) is 10.1. The van der Waals surface area contributed by atoms with E-state index in [2.05, 4.69) is 15.3 Å². The van der Waals surface area contributed by atoms with Gasteiger partial charge in [-0.25, -0.2) is 4.98 Å². The van der Waals surface area contributed by atoms with Crippen molar-refractivity contribution in [2.75, 3.05) is 25.6 Å².